The van der Waals surface area contributed by atoms with E-state index in [9.17, 15) is 14.7 Å². The highest BCUT2D eigenvalue weighted by atomic mass is 16.5. The van der Waals surface area contributed by atoms with Gasteiger partial charge in [0.2, 0.25) is 0 Å². The van der Waals surface area contributed by atoms with Gasteiger partial charge in [-0.25, -0.2) is 4.79 Å². The van der Waals surface area contributed by atoms with Crippen LogP contribution in [0.5, 0.6) is 17.2 Å². The van der Waals surface area contributed by atoms with Crippen molar-refractivity contribution >= 4 is 12.3 Å². The molecule has 0 radical (unpaired) electrons. The number of rotatable bonds is 14. The molecule has 0 bridgehead atoms. The molecule has 0 unspecified atom stereocenters. The second-order valence-corrected chi connectivity index (χ2v) is 7.43. The highest BCUT2D eigenvalue weighted by Gasteiger charge is 2.10. The molecule has 0 spiro atoms. The van der Waals surface area contributed by atoms with Crippen molar-refractivity contribution in [3.05, 3.63) is 53.6 Å². The van der Waals surface area contributed by atoms with Gasteiger partial charge < -0.3 is 14.6 Å². The van der Waals surface area contributed by atoms with E-state index in [2.05, 4.69) is 6.92 Å². The predicted molar refractivity (Wildman–Crippen MR) is 118 cm³/mol. The van der Waals surface area contributed by atoms with E-state index in [0.29, 0.717) is 18.5 Å². The molecule has 1 N–H and O–H groups in total. The third-order valence-electron chi connectivity index (χ3n) is 4.95. The van der Waals surface area contributed by atoms with Gasteiger partial charge in [-0.05, 0) is 42.8 Å². The molecule has 0 aliphatic heterocycles. The third-order valence-corrected chi connectivity index (χ3v) is 4.95. The number of benzene rings is 2. The minimum absolute atomic E-state index is 0.142. The zero-order chi connectivity index (χ0) is 21.6. The Morgan fingerprint density at radius 2 is 1.47 bits per heavy atom. The second kappa shape index (κ2) is 13.4. The summed E-state index contributed by atoms with van der Waals surface area (Å²) in [5, 5.41) is 9.67. The number of phenols is 1. The van der Waals surface area contributed by atoms with Crippen LogP contribution in [0.3, 0.4) is 0 Å². The number of ether oxygens (including phenoxy) is 2. The maximum atomic E-state index is 12.2. The minimum Gasteiger partial charge on any atom is -0.507 e. The molecular weight excluding hydrogens is 380 g/mol. The molecule has 5 nitrogen and oxygen atoms in total. The van der Waals surface area contributed by atoms with Gasteiger partial charge in [-0.15, -0.1) is 0 Å². The van der Waals surface area contributed by atoms with Crippen molar-refractivity contribution < 1.29 is 24.2 Å². The van der Waals surface area contributed by atoms with E-state index in [1.807, 2.05) is 0 Å². The molecule has 162 valence electrons. The Morgan fingerprint density at radius 1 is 0.867 bits per heavy atom. The van der Waals surface area contributed by atoms with Crippen molar-refractivity contribution in [3.8, 4) is 17.2 Å². The van der Waals surface area contributed by atoms with Gasteiger partial charge in [0.15, 0.2) is 6.29 Å². The first-order valence-electron chi connectivity index (χ1n) is 10.9. The number of aldehydes is 1. The summed E-state index contributed by atoms with van der Waals surface area (Å²) < 4.78 is 11.0. The number of esters is 1. The summed E-state index contributed by atoms with van der Waals surface area (Å²) in [5.41, 5.74) is 0.521. The first kappa shape index (κ1) is 23.5. The molecule has 0 atom stereocenters. The molecular formula is C25H32O5. The van der Waals surface area contributed by atoms with Crippen molar-refractivity contribution in [2.75, 3.05) is 6.61 Å². The van der Waals surface area contributed by atoms with E-state index >= 15 is 0 Å². The predicted octanol–water partition coefficient (Wildman–Crippen LogP) is 6.33. The minimum atomic E-state index is -0.543. The molecule has 2 rings (SSSR count). The van der Waals surface area contributed by atoms with Gasteiger partial charge in [-0.1, -0.05) is 58.3 Å². The smallest absolute Gasteiger partial charge is 0.343 e. The molecule has 30 heavy (non-hydrogen) atoms. The fourth-order valence-electron chi connectivity index (χ4n) is 3.14. The number of hydrogen-bond donors (Lipinski definition) is 1. The molecule has 0 fully saturated rings. The molecule has 2 aromatic carbocycles. The Morgan fingerprint density at radius 3 is 2.07 bits per heavy atom. The Bertz CT molecular complexity index is 783. The van der Waals surface area contributed by atoms with Gasteiger partial charge in [-0.3, -0.25) is 4.79 Å². The molecule has 0 heterocycles. The van der Waals surface area contributed by atoms with Crippen LogP contribution in [0.4, 0.5) is 0 Å². The lowest BCUT2D eigenvalue weighted by atomic mass is 10.1. The molecule has 0 aliphatic rings. The number of phenolic OH excluding ortho intramolecular Hbond substituents is 1. The highest BCUT2D eigenvalue weighted by molar-refractivity contribution is 5.91. The maximum Gasteiger partial charge on any atom is 0.343 e. The molecule has 2 aromatic rings. The summed E-state index contributed by atoms with van der Waals surface area (Å²) >= 11 is 0. The van der Waals surface area contributed by atoms with Crippen LogP contribution < -0.4 is 9.47 Å². The standard InChI is InChI=1S/C25H32O5/c1-2-3-4-5-6-7-8-9-10-17-29-22-14-11-20(12-15-22)25(28)30-23-16-13-21(19-26)24(27)18-23/h11-16,18-19,27H,2-10,17H2,1H3. The van der Waals surface area contributed by atoms with E-state index in [-0.39, 0.29) is 17.1 Å². The van der Waals surface area contributed by atoms with Crippen LogP contribution in [0.25, 0.3) is 0 Å². The largest absolute Gasteiger partial charge is 0.507 e. The van der Waals surface area contributed by atoms with Crippen molar-refractivity contribution in [3.63, 3.8) is 0 Å². The summed E-state index contributed by atoms with van der Waals surface area (Å²) in [5.74, 6) is 0.127. The van der Waals surface area contributed by atoms with Gasteiger partial charge >= 0.3 is 5.97 Å². The van der Waals surface area contributed by atoms with Crippen LogP contribution >= 0.6 is 0 Å². The average Bonchev–Trinajstić information content (AvgIpc) is 2.75. The fourth-order valence-corrected chi connectivity index (χ4v) is 3.14. The van der Waals surface area contributed by atoms with Gasteiger partial charge in [0.1, 0.15) is 17.2 Å². The lowest BCUT2D eigenvalue weighted by Crippen LogP contribution is -2.08. The van der Waals surface area contributed by atoms with Crippen molar-refractivity contribution in [1.82, 2.24) is 0 Å². The molecule has 0 aromatic heterocycles. The zero-order valence-corrected chi connectivity index (χ0v) is 17.8. The van der Waals surface area contributed by atoms with Crippen molar-refractivity contribution in [2.45, 2.75) is 64.7 Å². The van der Waals surface area contributed by atoms with E-state index < -0.39 is 5.97 Å². The summed E-state index contributed by atoms with van der Waals surface area (Å²) in [7, 11) is 0. The van der Waals surface area contributed by atoms with Gasteiger partial charge in [0.25, 0.3) is 0 Å². The highest BCUT2D eigenvalue weighted by Crippen LogP contribution is 2.23. The number of carbonyl (C=O) groups is 2. The van der Waals surface area contributed by atoms with Gasteiger partial charge in [0.05, 0.1) is 17.7 Å². The van der Waals surface area contributed by atoms with Crippen molar-refractivity contribution in [2.24, 2.45) is 0 Å². The van der Waals surface area contributed by atoms with Crippen LogP contribution in [0, 0.1) is 0 Å². The van der Waals surface area contributed by atoms with Crippen LogP contribution in [0.1, 0.15) is 85.4 Å². The summed E-state index contributed by atoms with van der Waals surface area (Å²) in [4.78, 5) is 22.9. The Hall–Kier alpha value is -2.82. The van der Waals surface area contributed by atoms with Gasteiger partial charge in [-0.2, -0.15) is 0 Å². The van der Waals surface area contributed by atoms with Crippen LogP contribution in [0.2, 0.25) is 0 Å². The molecule has 0 aliphatic carbocycles. The van der Waals surface area contributed by atoms with E-state index in [0.717, 1.165) is 12.2 Å². The number of hydrogen-bond acceptors (Lipinski definition) is 5. The molecule has 0 amide bonds. The number of unbranched alkanes of at least 4 members (excludes halogenated alkanes) is 8. The summed E-state index contributed by atoms with van der Waals surface area (Å²) in [6.45, 7) is 2.91. The topological polar surface area (TPSA) is 72.8 Å². The Kier molecular flexibility index (Phi) is 10.5. The Labute approximate surface area is 179 Å². The maximum absolute atomic E-state index is 12.2. The zero-order valence-electron chi connectivity index (χ0n) is 17.8. The van der Waals surface area contributed by atoms with E-state index in [4.69, 9.17) is 9.47 Å². The molecule has 0 saturated carbocycles. The van der Waals surface area contributed by atoms with Crippen LogP contribution in [-0.4, -0.2) is 24.0 Å². The SMILES string of the molecule is CCCCCCCCCCCOc1ccc(C(=O)Oc2ccc(C=O)c(O)c2)cc1. The normalized spacial score (nSPS) is 10.6. The molecule has 0 saturated heterocycles. The lowest BCUT2D eigenvalue weighted by Gasteiger charge is -2.08. The lowest BCUT2D eigenvalue weighted by molar-refractivity contribution is 0.0734. The quantitative estimate of drug-likeness (QED) is 0.170. The van der Waals surface area contributed by atoms with Crippen molar-refractivity contribution in [1.29, 1.82) is 0 Å². The first-order chi connectivity index (χ1) is 14.6. The summed E-state index contributed by atoms with van der Waals surface area (Å²) in [6, 6.07) is 10.9. The van der Waals surface area contributed by atoms with E-state index in [1.165, 1.54) is 69.6 Å². The average molecular weight is 413 g/mol. The van der Waals surface area contributed by atoms with Crippen LogP contribution in [0.15, 0.2) is 42.5 Å². The van der Waals surface area contributed by atoms with Crippen LogP contribution in [-0.2, 0) is 0 Å². The second-order valence-electron chi connectivity index (χ2n) is 7.43. The van der Waals surface area contributed by atoms with Gasteiger partial charge in [0, 0.05) is 6.07 Å². The Balaban J connectivity index is 1.66. The summed E-state index contributed by atoms with van der Waals surface area (Å²) in [6.07, 6.45) is 12.0. The monoisotopic (exact) mass is 412 g/mol. The molecule has 5 heteroatoms. The van der Waals surface area contributed by atoms with E-state index in [1.54, 1.807) is 24.3 Å². The number of aromatic hydroxyl groups is 1. The fraction of sp³-hybridized carbons (Fsp3) is 0.440. The third kappa shape index (κ3) is 8.27. The first-order valence-corrected chi connectivity index (χ1v) is 10.9. The number of carbonyl (C=O) groups excluding carboxylic acids is 2.